The number of amides is 1. The third-order valence-electron chi connectivity index (χ3n) is 4.04. The van der Waals surface area contributed by atoms with E-state index in [0.717, 1.165) is 25.7 Å². The number of ether oxygens (including phenoxy) is 1. The first-order chi connectivity index (χ1) is 9.01. The van der Waals surface area contributed by atoms with Crippen LogP contribution in [0.15, 0.2) is 11.6 Å². The number of carbonyl (C=O) groups excluding carboxylic acids is 1. The molecule has 1 aliphatic carbocycles. The van der Waals surface area contributed by atoms with E-state index < -0.39 is 0 Å². The normalized spacial score (nSPS) is 27.3. The van der Waals surface area contributed by atoms with Gasteiger partial charge in [-0.2, -0.15) is 0 Å². The Bertz CT molecular complexity index is 321. The molecule has 0 aromatic heterocycles. The molecule has 0 heterocycles. The first-order valence-corrected chi connectivity index (χ1v) is 7.63. The lowest BCUT2D eigenvalue weighted by Crippen LogP contribution is -2.50. The number of allylic oxidation sites excluding steroid dienone is 1. The molecule has 0 aromatic rings. The lowest BCUT2D eigenvalue weighted by molar-refractivity contribution is -0.122. The number of hydrogen-bond donors (Lipinski definition) is 1. The van der Waals surface area contributed by atoms with E-state index in [2.05, 4.69) is 39.1 Å². The van der Waals surface area contributed by atoms with Crippen LogP contribution in [0.1, 0.15) is 60.3 Å². The van der Waals surface area contributed by atoms with Crippen molar-refractivity contribution in [1.82, 2.24) is 5.32 Å². The van der Waals surface area contributed by atoms with E-state index >= 15 is 0 Å². The Balaban J connectivity index is 2.85. The summed E-state index contributed by atoms with van der Waals surface area (Å²) in [5.74, 6) is 0.464. The summed E-state index contributed by atoms with van der Waals surface area (Å²) in [7, 11) is 0. The topological polar surface area (TPSA) is 38.3 Å². The molecule has 0 unspecified atom stereocenters. The number of hydrogen-bond acceptors (Lipinski definition) is 2. The highest BCUT2D eigenvalue weighted by Gasteiger charge is 2.32. The summed E-state index contributed by atoms with van der Waals surface area (Å²) in [6.07, 6.45) is 6.70. The first-order valence-electron chi connectivity index (χ1n) is 7.63. The molecule has 1 rings (SSSR count). The van der Waals surface area contributed by atoms with Crippen LogP contribution in [-0.2, 0) is 9.53 Å². The molecular weight excluding hydrogens is 238 g/mol. The molecule has 0 aromatic carbocycles. The first kappa shape index (κ1) is 16.2. The third kappa shape index (κ3) is 4.64. The number of carbonyl (C=O) groups is 1. The molecular formula is C16H29NO2. The van der Waals surface area contributed by atoms with Crippen LogP contribution in [0.25, 0.3) is 0 Å². The Morgan fingerprint density at radius 3 is 2.53 bits per heavy atom. The number of rotatable bonds is 6. The fourth-order valence-corrected chi connectivity index (χ4v) is 2.82. The van der Waals surface area contributed by atoms with Crippen LogP contribution in [0.2, 0.25) is 0 Å². The van der Waals surface area contributed by atoms with E-state index in [4.69, 9.17) is 4.74 Å². The van der Waals surface area contributed by atoms with Gasteiger partial charge in [-0.05, 0) is 31.6 Å². The van der Waals surface area contributed by atoms with Gasteiger partial charge in [0.25, 0.3) is 0 Å². The Morgan fingerprint density at radius 2 is 2.05 bits per heavy atom. The summed E-state index contributed by atoms with van der Waals surface area (Å²) >= 11 is 0. The van der Waals surface area contributed by atoms with Crippen LogP contribution in [0, 0.1) is 5.92 Å². The Labute approximate surface area is 117 Å². The average Bonchev–Trinajstić information content (AvgIpc) is 2.38. The molecule has 0 bridgehead atoms. The maximum Gasteiger partial charge on any atom is 0.217 e. The van der Waals surface area contributed by atoms with Crippen molar-refractivity contribution in [2.75, 3.05) is 0 Å². The summed E-state index contributed by atoms with van der Waals surface area (Å²) in [6, 6.07) is 0.105. The molecule has 1 N–H and O–H groups in total. The molecule has 1 amide bonds. The molecule has 19 heavy (non-hydrogen) atoms. The molecule has 3 nitrogen and oxygen atoms in total. The van der Waals surface area contributed by atoms with E-state index in [1.807, 2.05) is 0 Å². The van der Waals surface area contributed by atoms with Crippen LogP contribution in [0.5, 0.6) is 0 Å². The van der Waals surface area contributed by atoms with Crippen molar-refractivity contribution in [3.8, 4) is 0 Å². The molecule has 3 atom stereocenters. The zero-order valence-corrected chi connectivity index (χ0v) is 13.0. The Morgan fingerprint density at radius 1 is 1.42 bits per heavy atom. The van der Waals surface area contributed by atoms with Crippen molar-refractivity contribution < 1.29 is 9.53 Å². The van der Waals surface area contributed by atoms with Gasteiger partial charge in [0.2, 0.25) is 5.91 Å². The minimum Gasteiger partial charge on any atom is -0.369 e. The molecule has 0 spiro atoms. The largest absolute Gasteiger partial charge is 0.369 e. The SMILES string of the molecule is CCC1=C[C@@H](OC(CC)CC)[C@H](NC(C)=O)[C@@H](C)C1. The Kier molecular flexibility index (Phi) is 6.56. The lowest BCUT2D eigenvalue weighted by Gasteiger charge is -2.37. The second kappa shape index (κ2) is 7.68. The van der Waals surface area contributed by atoms with Gasteiger partial charge in [-0.1, -0.05) is 39.3 Å². The van der Waals surface area contributed by atoms with Crippen molar-refractivity contribution in [3.05, 3.63) is 11.6 Å². The lowest BCUT2D eigenvalue weighted by atomic mass is 9.83. The standard InChI is InChI=1S/C16H29NO2/c1-6-13-9-11(4)16(17-12(5)18)15(10-13)19-14(7-2)8-3/h10-11,14-16H,6-9H2,1-5H3,(H,17,18)/t11-,15+,16+/m0/s1. The van der Waals surface area contributed by atoms with Crippen molar-refractivity contribution >= 4 is 5.91 Å². The third-order valence-corrected chi connectivity index (χ3v) is 4.04. The van der Waals surface area contributed by atoms with E-state index in [1.165, 1.54) is 5.57 Å². The van der Waals surface area contributed by atoms with Gasteiger partial charge in [-0.15, -0.1) is 0 Å². The second-order valence-electron chi connectivity index (χ2n) is 5.63. The summed E-state index contributed by atoms with van der Waals surface area (Å²) < 4.78 is 6.21. The molecule has 0 aliphatic heterocycles. The van der Waals surface area contributed by atoms with Gasteiger partial charge >= 0.3 is 0 Å². The molecule has 0 radical (unpaired) electrons. The van der Waals surface area contributed by atoms with Crippen molar-refractivity contribution in [3.63, 3.8) is 0 Å². The minimum absolute atomic E-state index is 0.0208. The van der Waals surface area contributed by atoms with Crippen molar-refractivity contribution in [1.29, 1.82) is 0 Å². The minimum atomic E-state index is 0.0208. The molecule has 1 aliphatic rings. The van der Waals surface area contributed by atoms with Gasteiger partial charge < -0.3 is 10.1 Å². The molecule has 0 saturated heterocycles. The van der Waals surface area contributed by atoms with Gasteiger partial charge in [0.05, 0.1) is 18.2 Å². The zero-order valence-electron chi connectivity index (χ0n) is 13.0. The smallest absolute Gasteiger partial charge is 0.217 e. The predicted octanol–water partition coefficient (Wildman–Crippen LogP) is 3.44. The maximum absolute atomic E-state index is 11.4. The predicted molar refractivity (Wildman–Crippen MR) is 79.0 cm³/mol. The highest BCUT2D eigenvalue weighted by Crippen LogP contribution is 2.29. The van der Waals surface area contributed by atoms with E-state index in [0.29, 0.717) is 5.92 Å². The van der Waals surface area contributed by atoms with Crippen LogP contribution >= 0.6 is 0 Å². The fraction of sp³-hybridized carbons (Fsp3) is 0.812. The number of nitrogens with one attached hydrogen (secondary N) is 1. The zero-order chi connectivity index (χ0) is 14.4. The Hall–Kier alpha value is -0.830. The van der Waals surface area contributed by atoms with Gasteiger partial charge in [-0.3, -0.25) is 4.79 Å². The van der Waals surface area contributed by atoms with Gasteiger partial charge in [0.1, 0.15) is 0 Å². The molecule has 110 valence electrons. The van der Waals surface area contributed by atoms with Crippen molar-refractivity contribution in [2.45, 2.75) is 78.6 Å². The highest BCUT2D eigenvalue weighted by atomic mass is 16.5. The van der Waals surface area contributed by atoms with Crippen LogP contribution < -0.4 is 5.32 Å². The average molecular weight is 267 g/mol. The van der Waals surface area contributed by atoms with E-state index in [1.54, 1.807) is 6.92 Å². The van der Waals surface area contributed by atoms with Gasteiger partial charge in [0.15, 0.2) is 0 Å². The summed E-state index contributed by atoms with van der Waals surface area (Å²) in [5.41, 5.74) is 1.45. The van der Waals surface area contributed by atoms with E-state index in [9.17, 15) is 4.79 Å². The quantitative estimate of drug-likeness (QED) is 0.749. The van der Waals surface area contributed by atoms with Crippen LogP contribution in [-0.4, -0.2) is 24.2 Å². The highest BCUT2D eigenvalue weighted by molar-refractivity contribution is 5.73. The van der Waals surface area contributed by atoms with Crippen LogP contribution in [0.3, 0.4) is 0 Å². The summed E-state index contributed by atoms with van der Waals surface area (Å²) in [4.78, 5) is 11.4. The van der Waals surface area contributed by atoms with Crippen molar-refractivity contribution in [2.24, 2.45) is 5.92 Å². The molecule has 0 fully saturated rings. The van der Waals surface area contributed by atoms with Gasteiger partial charge in [-0.25, -0.2) is 0 Å². The fourth-order valence-electron chi connectivity index (χ4n) is 2.82. The van der Waals surface area contributed by atoms with Crippen LogP contribution in [0.4, 0.5) is 0 Å². The molecule has 3 heteroatoms. The van der Waals surface area contributed by atoms with Gasteiger partial charge in [0, 0.05) is 6.92 Å². The monoisotopic (exact) mass is 267 g/mol. The summed E-state index contributed by atoms with van der Waals surface area (Å²) in [5, 5.41) is 3.07. The van der Waals surface area contributed by atoms with E-state index in [-0.39, 0.29) is 24.2 Å². The molecule has 0 saturated carbocycles. The second-order valence-corrected chi connectivity index (χ2v) is 5.63. The maximum atomic E-state index is 11.4. The summed E-state index contributed by atoms with van der Waals surface area (Å²) in [6.45, 7) is 10.3.